The second-order valence-electron chi connectivity index (χ2n) is 2.57. The Labute approximate surface area is 83.3 Å². The van der Waals surface area contributed by atoms with Crippen LogP contribution in [0.2, 0.25) is 0 Å². The molecule has 3 nitrogen and oxygen atoms in total. The molecule has 0 radical (unpaired) electrons. The maximum atomic E-state index is 10.1. The SMILES string of the molecule is CC(C)CC(N)C(=O)O.[NaH]. The van der Waals surface area contributed by atoms with Gasteiger partial charge in [0.05, 0.1) is 0 Å². The van der Waals surface area contributed by atoms with E-state index >= 15 is 0 Å². The van der Waals surface area contributed by atoms with Crippen LogP contribution in [0.4, 0.5) is 0 Å². The summed E-state index contributed by atoms with van der Waals surface area (Å²) in [7, 11) is 0. The molecule has 0 aliphatic rings. The molecule has 0 bridgehead atoms. The molecule has 1 atom stereocenters. The molecule has 0 rings (SSSR count). The molecule has 56 valence electrons. The third kappa shape index (κ3) is 6.55. The van der Waals surface area contributed by atoms with E-state index in [9.17, 15) is 4.79 Å². The molecule has 1 unspecified atom stereocenters. The van der Waals surface area contributed by atoms with Crippen LogP contribution < -0.4 is 5.73 Å². The first-order valence-electron chi connectivity index (χ1n) is 3.02. The molecule has 0 heterocycles. The van der Waals surface area contributed by atoms with Gasteiger partial charge in [-0.1, -0.05) is 13.8 Å². The van der Waals surface area contributed by atoms with Gasteiger partial charge in [0.2, 0.25) is 0 Å². The van der Waals surface area contributed by atoms with Crippen LogP contribution in [0.5, 0.6) is 0 Å². The summed E-state index contributed by atoms with van der Waals surface area (Å²) in [5, 5.41) is 8.31. The van der Waals surface area contributed by atoms with Gasteiger partial charge in [0.25, 0.3) is 0 Å². The molecule has 0 aromatic carbocycles. The summed E-state index contributed by atoms with van der Waals surface area (Å²) in [6, 6.07) is -0.690. The van der Waals surface area contributed by atoms with Gasteiger partial charge in [-0.05, 0) is 12.3 Å². The van der Waals surface area contributed by atoms with Crippen molar-refractivity contribution in [3.8, 4) is 0 Å². The van der Waals surface area contributed by atoms with Crippen molar-refractivity contribution in [1.82, 2.24) is 0 Å². The second kappa shape index (κ2) is 6.16. The van der Waals surface area contributed by atoms with Crippen LogP contribution in [0.3, 0.4) is 0 Å². The van der Waals surface area contributed by atoms with Crippen LogP contribution in [0.15, 0.2) is 0 Å². The molecule has 0 amide bonds. The van der Waals surface area contributed by atoms with Crippen LogP contribution >= 0.6 is 0 Å². The number of carbonyl (C=O) groups is 1. The van der Waals surface area contributed by atoms with Gasteiger partial charge in [0.1, 0.15) is 6.04 Å². The zero-order valence-electron chi connectivity index (χ0n) is 5.79. The van der Waals surface area contributed by atoms with Crippen molar-refractivity contribution in [2.24, 2.45) is 11.7 Å². The van der Waals surface area contributed by atoms with E-state index in [0.29, 0.717) is 12.3 Å². The van der Waals surface area contributed by atoms with E-state index in [1.165, 1.54) is 0 Å². The molecular formula is C6H14NNaO2. The third-order valence-corrected chi connectivity index (χ3v) is 1.04. The number of aliphatic carboxylic acids is 1. The average molecular weight is 155 g/mol. The first-order valence-corrected chi connectivity index (χ1v) is 3.02. The number of hydrogen-bond acceptors (Lipinski definition) is 2. The molecule has 0 aliphatic carbocycles. The van der Waals surface area contributed by atoms with Crippen molar-refractivity contribution >= 4 is 35.5 Å². The minimum absolute atomic E-state index is 0. The van der Waals surface area contributed by atoms with Gasteiger partial charge in [-0.3, -0.25) is 4.79 Å². The molecule has 0 saturated heterocycles. The molecule has 3 N–H and O–H groups in total. The van der Waals surface area contributed by atoms with Crippen LogP contribution in [-0.4, -0.2) is 46.7 Å². The zero-order valence-corrected chi connectivity index (χ0v) is 5.79. The summed E-state index contributed by atoms with van der Waals surface area (Å²) in [6.45, 7) is 3.89. The zero-order chi connectivity index (χ0) is 7.44. The molecule has 0 aliphatic heterocycles. The van der Waals surface area contributed by atoms with Crippen LogP contribution in [0, 0.1) is 5.92 Å². The van der Waals surface area contributed by atoms with Gasteiger partial charge in [0, 0.05) is 0 Å². The summed E-state index contributed by atoms with van der Waals surface area (Å²) >= 11 is 0. The Balaban J connectivity index is 0. The summed E-state index contributed by atoms with van der Waals surface area (Å²) in [5.41, 5.74) is 5.22. The molecule has 0 aromatic rings. The molecule has 4 heteroatoms. The third-order valence-electron chi connectivity index (χ3n) is 1.04. The monoisotopic (exact) mass is 155 g/mol. The number of carboxylic acids is 1. The topological polar surface area (TPSA) is 63.3 Å². The molecule has 0 aromatic heterocycles. The van der Waals surface area contributed by atoms with Crippen molar-refractivity contribution in [1.29, 1.82) is 0 Å². The Kier molecular flexibility index (Phi) is 8.04. The summed E-state index contributed by atoms with van der Waals surface area (Å²) in [4.78, 5) is 10.1. The Morgan fingerprint density at radius 3 is 2.10 bits per heavy atom. The maximum absolute atomic E-state index is 10.1. The van der Waals surface area contributed by atoms with Crippen molar-refractivity contribution in [2.45, 2.75) is 26.3 Å². The van der Waals surface area contributed by atoms with Crippen LogP contribution in [-0.2, 0) is 4.79 Å². The van der Waals surface area contributed by atoms with Crippen molar-refractivity contribution < 1.29 is 9.90 Å². The van der Waals surface area contributed by atoms with Gasteiger partial charge >= 0.3 is 35.5 Å². The fraction of sp³-hybridized carbons (Fsp3) is 0.833. The van der Waals surface area contributed by atoms with Gasteiger partial charge < -0.3 is 10.8 Å². The molecule has 0 fully saturated rings. The summed E-state index contributed by atoms with van der Waals surface area (Å²) in [5.74, 6) is -0.556. The van der Waals surface area contributed by atoms with E-state index in [-0.39, 0.29) is 29.6 Å². The Morgan fingerprint density at radius 2 is 2.00 bits per heavy atom. The van der Waals surface area contributed by atoms with Gasteiger partial charge in [-0.25, -0.2) is 0 Å². The summed E-state index contributed by atoms with van der Waals surface area (Å²) < 4.78 is 0. The van der Waals surface area contributed by atoms with Crippen molar-refractivity contribution in [2.75, 3.05) is 0 Å². The van der Waals surface area contributed by atoms with Crippen LogP contribution in [0.1, 0.15) is 20.3 Å². The quantitative estimate of drug-likeness (QED) is 0.554. The average Bonchev–Trinajstić information content (AvgIpc) is 1.63. The number of carboxylic acid groups (broad SMARTS) is 1. The van der Waals surface area contributed by atoms with E-state index in [4.69, 9.17) is 10.8 Å². The van der Waals surface area contributed by atoms with Gasteiger partial charge in [0.15, 0.2) is 0 Å². The first-order chi connectivity index (χ1) is 4.04. The predicted molar refractivity (Wildman–Crippen MR) is 42.2 cm³/mol. The van der Waals surface area contributed by atoms with Crippen LogP contribution in [0.25, 0.3) is 0 Å². The molecule has 10 heavy (non-hydrogen) atoms. The molecule has 0 saturated carbocycles. The minimum atomic E-state index is -0.913. The van der Waals surface area contributed by atoms with Crippen molar-refractivity contribution in [3.63, 3.8) is 0 Å². The molecule has 0 spiro atoms. The van der Waals surface area contributed by atoms with Gasteiger partial charge in [-0.2, -0.15) is 0 Å². The summed E-state index contributed by atoms with van der Waals surface area (Å²) in [6.07, 6.45) is 0.551. The number of hydrogen-bond donors (Lipinski definition) is 2. The van der Waals surface area contributed by atoms with E-state index in [1.807, 2.05) is 13.8 Å². The Bertz CT molecular complexity index is 106. The fourth-order valence-corrected chi connectivity index (χ4v) is 0.609. The van der Waals surface area contributed by atoms with E-state index in [2.05, 4.69) is 0 Å². The van der Waals surface area contributed by atoms with Gasteiger partial charge in [-0.15, -0.1) is 0 Å². The number of rotatable bonds is 3. The predicted octanol–water partition coefficient (Wildman–Crippen LogP) is -0.204. The fourth-order valence-electron chi connectivity index (χ4n) is 0.609. The standard InChI is InChI=1S/C6H13NO2.Na.H/c1-4(2)3-5(7)6(8)9;;/h4-5H,3,7H2,1-2H3,(H,8,9);;. The van der Waals surface area contributed by atoms with E-state index in [0.717, 1.165) is 0 Å². The van der Waals surface area contributed by atoms with E-state index in [1.54, 1.807) is 0 Å². The normalized spacial score (nSPS) is 12.4. The van der Waals surface area contributed by atoms with E-state index < -0.39 is 12.0 Å². The van der Waals surface area contributed by atoms with Crippen molar-refractivity contribution in [3.05, 3.63) is 0 Å². The Hall–Kier alpha value is 0.430. The molecular weight excluding hydrogens is 141 g/mol. The second-order valence-corrected chi connectivity index (χ2v) is 2.57. The number of nitrogens with two attached hydrogens (primary N) is 1. The first kappa shape index (κ1) is 13.1. The Morgan fingerprint density at radius 1 is 1.60 bits per heavy atom.